The summed E-state index contributed by atoms with van der Waals surface area (Å²) >= 11 is 0. The summed E-state index contributed by atoms with van der Waals surface area (Å²) < 4.78 is 18.7. The summed E-state index contributed by atoms with van der Waals surface area (Å²) in [5, 5.41) is 0. The van der Waals surface area contributed by atoms with Crippen LogP contribution < -0.4 is 0 Å². The zero-order valence-corrected chi connectivity index (χ0v) is 17.7. The van der Waals surface area contributed by atoms with Gasteiger partial charge in [-0.15, -0.1) is 0 Å². The molecular formula is C26H30O4. The summed E-state index contributed by atoms with van der Waals surface area (Å²) in [5.41, 5.74) is 5.13. The molecule has 2 saturated heterocycles. The molecule has 2 aliphatic heterocycles. The van der Waals surface area contributed by atoms with Crippen molar-refractivity contribution in [3.05, 3.63) is 58.7 Å². The lowest BCUT2D eigenvalue weighted by Crippen LogP contribution is -2.37. The van der Waals surface area contributed by atoms with Crippen molar-refractivity contribution in [2.45, 2.75) is 57.3 Å². The number of hydrogen-bond donors (Lipinski definition) is 0. The third-order valence-corrected chi connectivity index (χ3v) is 8.31. The summed E-state index contributed by atoms with van der Waals surface area (Å²) in [6.07, 6.45) is 7.84. The largest absolute Gasteiger partial charge is 0.368 e. The maximum Gasteiger partial charge on any atom is 0.188 e. The van der Waals surface area contributed by atoms with Gasteiger partial charge in [-0.05, 0) is 65.9 Å². The molecule has 0 N–H and O–H groups in total. The number of Topliss-reactive ketones (excluding diaryl/α,β-unsaturated/α-hetero) is 1. The first-order chi connectivity index (χ1) is 14.6. The van der Waals surface area contributed by atoms with Crippen LogP contribution in [-0.2, 0) is 19.0 Å². The minimum atomic E-state index is -0.516. The van der Waals surface area contributed by atoms with Crippen molar-refractivity contribution in [1.29, 1.82) is 0 Å². The van der Waals surface area contributed by atoms with E-state index in [9.17, 15) is 4.79 Å². The van der Waals surface area contributed by atoms with Crippen LogP contribution in [0.3, 0.4) is 0 Å². The van der Waals surface area contributed by atoms with Gasteiger partial charge in [0.1, 0.15) is 11.9 Å². The lowest BCUT2D eigenvalue weighted by molar-refractivity contribution is -0.130. The molecule has 158 valence electrons. The Kier molecular flexibility index (Phi) is 4.35. The van der Waals surface area contributed by atoms with Crippen molar-refractivity contribution in [2.24, 2.45) is 17.3 Å². The highest BCUT2D eigenvalue weighted by Gasteiger charge is 2.55. The minimum absolute atomic E-state index is 0.0652. The molecular weight excluding hydrogens is 376 g/mol. The van der Waals surface area contributed by atoms with Crippen LogP contribution in [0.2, 0.25) is 0 Å². The average Bonchev–Trinajstić information content (AvgIpc) is 3.30. The predicted molar refractivity (Wildman–Crippen MR) is 113 cm³/mol. The third-order valence-electron chi connectivity index (χ3n) is 8.31. The highest BCUT2D eigenvalue weighted by Crippen LogP contribution is 2.58. The fourth-order valence-corrected chi connectivity index (χ4v) is 6.78. The van der Waals surface area contributed by atoms with Crippen LogP contribution in [0.15, 0.2) is 53.1 Å². The molecule has 5 aliphatic rings. The van der Waals surface area contributed by atoms with Crippen molar-refractivity contribution in [1.82, 2.24) is 0 Å². The van der Waals surface area contributed by atoms with E-state index in [1.54, 1.807) is 0 Å². The van der Waals surface area contributed by atoms with Gasteiger partial charge in [0.25, 0.3) is 0 Å². The molecule has 1 aromatic carbocycles. The monoisotopic (exact) mass is 406 g/mol. The minimum Gasteiger partial charge on any atom is -0.368 e. The number of ketones is 1. The molecule has 3 unspecified atom stereocenters. The Hall–Kier alpha value is -1.75. The molecule has 0 bridgehead atoms. The van der Waals surface area contributed by atoms with E-state index >= 15 is 0 Å². The Morgan fingerprint density at radius 1 is 1.00 bits per heavy atom. The molecule has 2 heterocycles. The quantitative estimate of drug-likeness (QED) is 0.665. The van der Waals surface area contributed by atoms with E-state index in [4.69, 9.17) is 14.2 Å². The van der Waals surface area contributed by atoms with E-state index in [1.165, 1.54) is 22.3 Å². The molecule has 4 atom stereocenters. The van der Waals surface area contributed by atoms with Crippen molar-refractivity contribution in [2.75, 3.05) is 19.8 Å². The number of allylic oxidation sites excluding steroid dienone is 2. The van der Waals surface area contributed by atoms with Crippen LogP contribution in [0, 0.1) is 17.3 Å². The second-order valence-electron chi connectivity index (χ2n) is 9.84. The predicted octanol–water partition coefficient (Wildman–Crippen LogP) is 4.91. The van der Waals surface area contributed by atoms with E-state index in [0.29, 0.717) is 43.9 Å². The fourth-order valence-electron chi connectivity index (χ4n) is 6.78. The second kappa shape index (κ2) is 6.88. The SMILES string of the molecule is C[C@]12COC(c3ccccc3)C3=C4CCC5(C=C4CCC3C1CCC2=O)OCCO5. The first-order valence-corrected chi connectivity index (χ1v) is 11.5. The number of ether oxygens (including phenoxy) is 3. The normalized spacial score (nSPS) is 37.4. The maximum atomic E-state index is 12.9. The van der Waals surface area contributed by atoms with Crippen LogP contribution in [-0.4, -0.2) is 31.4 Å². The Bertz CT molecular complexity index is 924. The number of hydrogen-bond acceptors (Lipinski definition) is 4. The standard InChI is InChI=1S/C26H30O4/c1-25-16-28-24(17-5-3-2-4-6-17)23-19-11-12-26(29-13-14-30-26)15-18(19)7-8-20(23)21(25)9-10-22(25)27/h2-6,15,20-21,24H,7-14,16H2,1H3/t20?,21?,24?,25-/m0/s1. The molecule has 6 rings (SSSR count). The smallest absolute Gasteiger partial charge is 0.188 e. The summed E-state index contributed by atoms with van der Waals surface area (Å²) in [7, 11) is 0. The Morgan fingerprint density at radius 2 is 1.80 bits per heavy atom. The number of benzene rings is 1. The highest BCUT2D eigenvalue weighted by atomic mass is 16.7. The highest BCUT2D eigenvalue weighted by molar-refractivity contribution is 5.87. The topological polar surface area (TPSA) is 44.8 Å². The van der Waals surface area contributed by atoms with Crippen molar-refractivity contribution >= 4 is 5.78 Å². The Balaban J connectivity index is 1.50. The summed E-state index contributed by atoms with van der Waals surface area (Å²) in [6.45, 7) is 4.04. The van der Waals surface area contributed by atoms with E-state index in [1.807, 2.05) is 0 Å². The van der Waals surface area contributed by atoms with Gasteiger partial charge >= 0.3 is 0 Å². The van der Waals surface area contributed by atoms with Gasteiger partial charge in [-0.2, -0.15) is 0 Å². The molecule has 3 aliphatic carbocycles. The molecule has 3 fully saturated rings. The number of rotatable bonds is 1. The second-order valence-corrected chi connectivity index (χ2v) is 9.84. The molecule has 30 heavy (non-hydrogen) atoms. The van der Waals surface area contributed by atoms with Crippen LogP contribution in [0.1, 0.15) is 57.1 Å². The van der Waals surface area contributed by atoms with E-state index in [-0.39, 0.29) is 11.5 Å². The molecule has 1 saturated carbocycles. The van der Waals surface area contributed by atoms with Gasteiger partial charge in [0, 0.05) is 12.8 Å². The van der Waals surface area contributed by atoms with Gasteiger partial charge in [-0.1, -0.05) is 37.3 Å². The van der Waals surface area contributed by atoms with Crippen molar-refractivity contribution in [3.8, 4) is 0 Å². The zero-order chi connectivity index (χ0) is 20.3. The molecule has 4 heteroatoms. The van der Waals surface area contributed by atoms with Crippen LogP contribution in [0.4, 0.5) is 0 Å². The van der Waals surface area contributed by atoms with E-state index < -0.39 is 5.79 Å². The molecule has 0 aromatic heterocycles. The lowest BCUT2D eigenvalue weighted by atomic mass is 9.63. The van der Waals surface area contributed by atoms with Gasteiger partial charge in [-0.25, -0.2) is 0 Å². The summed E-state index contributed by atoms with van der Waals surface area (Å²) in [5.74, 6) is 0.679. The Labute approximate surface area is 178 Å². The van der Waals surface area contributed by atoms with Crippen LogP contribution >= 0.6 is 0 Å². The third kappa shape index (κ3) is 2.73. The maximum absolute atomic E-state index is 12.9. The van der Waals surface area contributed by atoms with Crippen molar-refractivity contribution in [3.63, 3.8) is 0 Å². The molecule has 4 nitrogen and oxygen atoms in total. The van der Waals surface area contributed by atoms with Crippen LogP contribution in [0.5, 0.6) is 0 Å². The first-order valence-electron chi connectivity index (χ1n) is 11.5. The van der Waals surface area contributed by atoms with Gasteiger partial charge < -0.3 is 14.2 Å². The molecule has 1 spiro atoms. The zero-order valence-electron chi connectivity index (χ0n) is 17.7. The molecule has 0 amide bonds. The van der Waals surface area contributed by atoms with Gasteiger partial charge in [0.2, 0.25) is 0 Å². The number of carbonyl (C=O) groups is 1. The lowest BCUT2D eigenvalue weighted by Gasteiger charge is -2.41. The average molecular weight is 407 g/mol. The molecule has 1 aromatic rings. The van der Waals surface area contributed by atoms with Crippen molar-refractivity contribution < 1.29 is 19.0 Å². The van der Waals surface area contributed by atoms with Gasteiger partial charge in [0.15, 0.2) is 5.79 Å². The number of carbonyl (C=O) groups excluding carboxylic acids is 1. The molecule has 0 radical (unpaired) electrons. The number of fused-ring (bicyclic) bond motifs is 4. The van der Waals surface area contributed by atoms with E-state index in [0.717, 1.165) is 32.1 Å². The first kappa shape index (κ1) is 19.0. The summed E-state index contributed by atoms with van der Waals surface area (Å²) in [6, 6.07) is 10.6. The fraction of sp³-hybridized carbons (Fsp3) is 0.577. The van der Waals surface area contributed by atoms with E-state index in [2.05, 4.69) is 43.3 Å². The van der Waals surface area contributed by atoms with Gasteiger partial charge in [-0.3, -0.25) is 4.79 Å². The van der Waals surface area contributed by atoms with Crippen LogP contribution in [0.25, 0.3) is 0 Å². The Morgan fingerprint density at radius 3 is 2.60 bits per heavy atom. The summed E-state index contributed by atoms with van der Waals surface area (Å²) in [4.78, 5) is 12.9. The van der Waals surface area contributed by atoms with Gasteiger partial charge in [0.05, 0.1) is 25.2 Å².